The minimum atomic E-state index is -0.333. The van der Waals surface area contributed by atoms with Crippen LogP contribution in [0.2, 0.25) is 0 Å². The summed E-state index contributed by atoms with van der Waals surface area (Å²) in [7, 11) is 0. The van der Waals surface area contributed by atoms with E-state index in [1.165, 1.54) is 11.3 Å². The van der Waals surface area contributed by atoms with Gasteiger partial charge in [-0.05, 0) is 12.8 Å². The maximum atomic E-state index is 13.1. The summed E-state index contributed by atoms with van der Waals surface area (Å²) in [5, 5.41) is 8.23. The van der Waals surface area contributed by atoms with Crippen LogP contribution in [0.3, 0.4) is 0 Å². The van der Waals surface area contributed by atoms with Gasteiger partial charge in [0.25, 0.3) is 5.91 Å². The Morgan fingerprint density at radius 1 is 1.38 bits per heavy atom. The Bertz CT molecular complexity index is 737. The zero-order valence-corrected chi connectivity index (χ0v) is 14.6. The number of morpholine rings is 1. The van der Waals surface area contributed by atoms with Crippen molar-refractivity contribution in [1.29, 1.82) is 0 Å². The lowest BCUT2D eigenvalue weighted by atomic mass is 10.2. The zero-order chi connectivity index (χ0) is 16.7. The molecule has 2 aliphatic rings. The summed E-state index contributed by atoms with van der Waals surface area (Å²) in [6.07, 6.45) is 2.25. The van der Waals surface area contributed by atoms with Crippen LogP contribution in [0.15, 0.2) is 9.93 Å². The maximum Gasteiger partial charge on any atom is 0.266 e. The second-order valence-corrected chi connectivity index (χ2v) is 7.42. The molecule has 0 bridgehead atoms. The van der Waals surface area contributed by atoms with Crippen molar-refractivity contribution < 1.29 is 13.9 Å². The molecule has 0 aromatic carbocycles. The summed E-state index contributed by atoms with van der Waals surface area (Å²) >= 11 is 1.42. The lowest BCUT2D eigenvalue weighted by molar-refractivity contribution is -0.0106. The van der Waals surface area contributed by atoms with Crippen molar-refractivity contribution >= 4 is 17.2 Å². The highest BCUT2D eigenvalue weighted by molar-refractivity contribution is 7.11. The molecule has 1 unspecified atom stereocenters. The Morgan fingerprint density at radius 2 is 2.21 bits per heavy atom. The van der Waals surface area contributed by atoms with E-state index < -0.39 is 0 Å². The van der Waals surface area contributed by atoms with Gasteiger partial charge in [-0.25, -0.2) is 4.98 Å². The van der Waals surface area contributed by atoms with Gasteiger partial charge >= 0.3 is 0 Å². The molecular weight excluding hydrogens is 328 g/mol. The van der Waals surface area contributed by atoms with Gasteiger partial charge in [-0.15, -0.1) is 21.5 Å². The first-order valence-corrected chi connectivity index (χ1v) is 9.18. The van der Waals surface area contributed by atoms with E-state index in [0.29, 0.717) is 37.5 Å². The SMILES string of the molecule is CC(C)c1nnc(C2COCCN2C(=O)c2scnc2C2CC2)o1. The number of nitrogens with zero attached hydrogens (tertiary/aromatic N) is 4. The van der Waals surface area contributed by atoms with E-state index in [-0.39, 0.29) is 17.9 Å². The van der Waals surface area contributed by atoms with Gasteiger partial charge in [-0.3, -0.25) is 4.79 Å². The Kier molecular flexibility index (Phi) is 4.09. The molecule has 3 heterocycles. The molecule has 1 atom stereocenters. The molecule has 1 saturated carbocycles. The number of hydrogen-bond acceptors (Lipinski definition) is 7. The van der Waals surface area contributed by atoms with E-state index in [0.717, 1.165) is 23.4 Å². The van der Waals surface area contributed by atoms with E-state index >= 15 is 0 Å². The Balaban J connectivity index is 1.61. The van der Waals surface area contributed by atoms with E-state index in [1.807, 2.05) is 13.8 Å². The summed E-state index contributed by atoms with van der Waals surface area (Å²) in [6, 6.07) is -0.333. The largest absolute Gasteiger partial charge is 0.423 e. The van der Waals surface area contributed by atoms with Crippen LogP contribution in [-0.4, -0.2) is 45.7 Å². The van der Waals surface area contributed by atoms with Crippen molar-refractivity contribution in [3.8, 4) is 0 Å². The fraction of sp³-hybridized carbons (Fsp3) is 0.625. The first kappa shape index (κ1) is 15.7. The minimum absolute atomic E-state index is 0.00278. The fourth-order valence-corrected chi connectivity index (χ4v) is 3.69. The Morgan fingerprint density at radius 3 is 2.92 bits per heavy atom. The van der Waals surface area contributed by atoms with E-state index in [2.05, 4.69) is 15.2 Å². The second-order valence-electron chi connectivity index (χ2n) is 6.56. The number of hydrogen-bond donors (Lipinski definition) is 0. The summed E-state index contributed by atoms with van der Waals surface area (Å²) < 4.78 is 11.3. The lowest BCUT2D eigenvalue weighted by Crippen LogP contribution is -2.43. The van der Waals surface area contributed by atoms with Crippen LogP contribution >= 0.6 is 11.3 Å². The summed E-state index contributed by atoms with van der Waals surface area (Å²) in [5.41, 5.74) is 2.71. The number of carbonyl (C=O) groups excluding carboxylic acids is 1. The summed E-state index contributed by atoms with van der Waals surface area (Å²) in [4.78, 5) is 20.0. The molecule has 8 heteroatoms. The third-order valence-corrected chi connectivity index (χ3v) is 5.21. The normalized spacial score (nSPS) is 21.5. The van der Waals surface area contributed by atoms with Gasteiger partial charge in [0.05, 0.1) is 24.4 Å². The van der Waals surface area contributed by atoms with Crippen molar-refractivity contribution in [1.82, 2.24) is 20.1 Å². The highest BCUT2D eigenvalue weighted by atomic mass is 32.1. The molecule has 128 valence electrons. The van der Waals surface area contributed by atoms with Crippen LogP contribution < -0.4 is 0 Å². The molecule has 0 radical (unpaired) electrons. The van der Waals surface area contributed by atoms with Gasteiger partial charge in [0, 0.05) is 18.4 Å². The van der Waals surface area contributed by atoms with Crippen LogP contribution in [0.4, 0.5) is 0 Å². The maximum absolute atomic E-state index is 13.1. The predicted molar refractivity (Wildman–Crippen MR) is 87.1 cm³/mol. The molecular formula is C16H20N4O3S. The smallest absolute Gasteiger partial charge is 0.266 e. The van der Waals surface area contributed by atoms with Gasteiger partial charge in [-0.1, -0.05) is 13.8 Å². The van der Waals surface area contributed by atoms with E-state index in [9.17, 15) is 4.79 Å². The molecule has 2 aromatic heterocycles. The van der Waals surface area contributed by atoms with Crippen LogP contribution in [0, 0.1) is 0 Å². The Labute approximate surface area is 144 Å². The van der Waals surface area contributed by atoms with Crippen LogP contribution in [-0.2, 0) is 4.74 Å². The quantitative estimate of drug-likeness (QED) is 0.845. The highest BCUT2D eigenvalue weighted by Crippen LogP contribution is 2.42. The van der Waals surface area contributed by atoms with E-state index in [4.69, 9.17) is 9.15 Å². The molecule has 1 aliphatic carbocycles. The van der Waals surface area contributed by atoms with Crippen LogP contribution in [0.1, 0.15) is 71.7 Å². The Hall–Kier alpha value is -1.80. The molecule has 1 saturated heterocycles. The lowest BCUT2D eigenvalue weighted by Gasteiger charge is -2.33. The molecule has 2 aromatic rings. The number of ether oxygens (including phenoxy) is 1. The zero-order valence-electron chi connectivity index (χ0n) is 13.8. The van der Waals surface area contributed by atoms with Crippen molar-refractivity contribution in [2.24, 2.45) is 0 Å². The van der Waals surface area contributed by atoms with Crippen molar-refractivity contribution in [2.75, 3.05) is 19.8 Å². The molecule has 0 spiro atoms. The molecule has 2 fully saturated rings. The average molecular weight is 348 g/mol. The first-order chi connectivity index (χ1) is 11.6. The molecule has 0 N–H and O–H groups in total. The van der Waals surface area contributed by atoms with E-state index in [1.54, 1.807) is 10.4 Å². The fourth-order valence-electron chi connectivity index (χ4n) is 2.86. The monoisotopic (exact) mass is 348 g/mol. The van der Waals surface area contributed by atoms with Gasteiger partial charge in [0.1, 0.15) is 10.9 Å². The van der Waals surface area contributed by atoms with Crippen molar-refractivity contribution in [3.63, 3.8) is 0 Å². The second kappa shape index (κ2) is 6.25. The standard InChI is InChI=1S/C16H20N4O3S/c1-9(2)14-18-19-15(23-14)11-7-22-6-5-20(11)16(21)13-12(10-3-4-10)17-8-24-13/h8-11H,3-7H2,1-2H3. The number of thiazole rings is 1. The van der Waals surface area contributed by atoms with Crippen LogP contribution in [0.5, 0.6) is 0 Å². The first-order valence-electron chi connectivity index (χ1n) is 8.30. The molecule has 7 nitrogen and oxygen atoms in total. The average Bonchev–Trinajstić information content (AvgIpc) is 3.13. The van der Waals surface area contributed by atoms with Gasteiger partial charge in [0.2, 0.25) is 11.8 Å². The molecule has 1 aliphatic heterocycles. The summed E-state index contributed by atoms with van der Waals surface area (Å²) in [5.74, 6) is 1.63. The van der Waals surface area contributed by atoms with Crippen molar-refractivity contribution in [2.45, 2.75) is 44.6 Å². The highest BCUT2D eigenvalue weighted by Gasteiger charge is 2.37. The molecule has 4 rings (SSSR count). The van der Waals surface area contributed by atoms with Crippen LogP contribution in [0.25, 0.3) is 0 Å². The summed E-state index contributed by atoms with van der Waals surface area (Å²) in [6.45, 7) is 5.41. The third-order valence-electron chi connectivity index (χ3n) is 4.38. The van der Waals surface area contributed by atoms with Gasteiger partial charge in [0.15, 0.2) is 0 Å². The minimum Gasteiger partial charge on any atom is -0.423 e. The number of aromatic nitrogens is 3. The van der Waals surface area contributed by atoms with Gasteiger partial charge < -0.3 is 14.1 Å². The molecule has 1 amide bonds. The van der Waals surface area contributed by atoms with Crippen molar-refractivity contribution in [3.05, 3.63) is 27.9 Å². The number of rotatable bonds is 4. The van der Waals surface area contributed by atoms with Gasteiger partial charge in [-0.2, -0.15) is 0 Å². The number of amides is 1. The predicted octanol–water partition coefficient (Wildman–Crippen LogP) is 2.74. The topological polar surface area (TPSA) is 81.4 Å². The third kappa shape index (κ3) is 2.84. The molecule has 24 heavy (non-hydrogen) atoms. The number of carbonyl (C=O) groups is 1.